The summed E-state index contributed by atoms with van der Waals surface area (Å²) in [7, 11) is 1.49. The molecule has 1 aliphatic rings. The number of anilines is 1. The molecular formula is C23H23ClN2O5. The molecule has 2 aromatic heterocycles. The fraction of sp³-hybridized carbons (Fsp3) is 0.304. The highest BCUT2D eigenvalue weighted by Gasteiger charge is 2.38. The number of nitrogens with zero attached hydrogens (tertiary/aromatic N) is 1. The summed E-state index contributed by atoms with van der Waals surface area (Å²) in [6.07, 6.45) is 6.81. The Morgan fingerprint density at radius 2 is 1.87 bits per heavy atom. The molecule has 1 atom stereocenters. The number of nitrogens with one attached hydrogen (secondary N) is 1. The highest BCUT2D eigenvalue weighted by Crippen LogP contribution is 2.38. The van der Waals surface area contributed by atoms with Crippen LogP contribution in [0.15, 0.2) is 63.8 Å². The summed E-state index contributed by atoms with van der Waals surface area (Å²) in [6, 6.07) is 10.4. The third-order valence-corrected chi connectivity index (χ3v) is 5.61. The first kappa shape index (κ1) is 21.1. The summed E-state index contributed by atoms with van der Waals surface area (Å²) >= 11 is 6.25. The maximum Gasteiger partial charge on any atom is 0.295 e. The molecule has 0 aliphatic heterocycles. The Morgan fingerprint density at radius 1 is 1.13 bits per heavy atom. The van der Waals surface area contributed by atoms with Crippen molar-refractivity contribution in [2.45, 2.75) is 37.8 Å². The second-order valence-electron chi connectivity index (χ2n) is 7.38. The van der Waals surface area contributed by atoms with E-state index in [1.807, 2.05) is 0 Å². The van der Waals surface area contributed by atoms with Crippen molar-refractivity contribution in [2.75, 3.05) is 12.0 Å². The van der Waals surface area contributed by atoms with Gasteiger partial charge in [0, 0.05) is 11.1 Å². The van der Waals surface area contributed by atoms with Crippen molar-refractivity contribution < 1.29 is 23.2 Å². The molecule has 0 spiro atoms. The lowest BCUT2D eigenvalue weighted by molar-refractivity contribution is -0.123. The molecular weight excluding hydrogens is 420 g/mol. The van der Waals surface area contributed by atoms with E-state index in [-0.39, 0.29) is 17.7 Å². The topological polar surface area (TPSA) is 84.9 Å². The molecule has 0 unspecified atom stereocenters. The summed E-state index contributed by atoms with van der Waals surface area (Å²) in [4.78, 5) is 28.4. The monoisotopic (exact) mass is 442 g/mol. The minimum absolute atomic E-state index is 0.0618. The number of halogens is 1. The molecule has 1 saturated carbocycles. The molecule has 0 saturated heterocycles. The Morgan fingerprint density at radius 3 is 2.52 bits per heavy atom. The zero-order valence-electron chi connectivity index (χ0n) is 17.0. The summed E-state index contributed by atoms with van der Waals surface area (Å²) in [6.45, 7) is 0. The molecule has 31 heavy (non-hydrogen) atoms. The first-order chi connectivity index (χ1) is 15.1. The Labute approximate surface area is 184 Å². The van der Waals surface area contributed by atoms with E-state index in [4.69, 9.17) is 25.2 Å². The first-order valence-corrected chi connectivity index (χ1v) is 10.5. The van der Waals surface area contributed by atoms with Gasteiger partial charge in [-0.25, -0.2) is 0 Å². The number of ether oxygens (including phenoxy) is 1. The predicted octanol–water partition coefficient (Wildman–Crippen LogP) is 4.98. The van der Waals surface area contributed by atoms with E-state index in [1.165, 1.54) is 24.5 Å². The number of carbonyl (C=O) groups excluding carboxylic acids is 2. The van der Waals surface area contributed by atoms with Crippen molar-refractivity contribution in [3.63, 3.8) is 0 Å². The van der Waals surface area contributed by atoms with E-state index >= 15 is 0 Å². The van der Waals surface area contributed by atoms with Gasteiger partial charge >= 0.3 is 0 Å². The lowest BCUT2D eigenvalue weighted by Gasteiger charge is -2.31. The van der Waals surface area contributed by atoms with Crippen molar-refractivity contribution in [3.05, 3.63) is 71.5 Å². The molecule has 162 valence electrons. The molecule has 4 rings (SSSR count). The SMILES string of the molecule is COc1ccc(Cl)cc1N(C(=O)c1ccco1)[C@@H](C(=O)NC1CCCC1)c1ccco1. The second-order valence-corrected chi connectivity index (χ2v) is 7.81. The molecule has 8 heteroatoms. The van der Waals surface area contributed by atoms with Gasteiger partial charge in [0.15, 0.2) is 11.8 Å². The first-order valence-electron chi connectivity index (χ1n) is 10.1. The predicted molar refractivity (Wildman–Crippen MR) is 115 cm³/mol. The standard InChI is InChI=1S/C23H23ClN2O5/c1-29-18-11-10-15(24)14-17(18)26(23(28)20-9-5-13-31-20)21(19-8-4-12-30-19)22(27)25-16-6-2-3-7-16/h4-5,8-14,16,21H,2-3,6-7H2,1H3,(H,25,27)/t21-/m1/s1. The van der Waals surface area contributed by atoms with E-state index in [2.05, 4.69) is 5.32 Å². The number of hydrogen-bond acceptors (Lipinski definition) is 5. The van der Waals surface area contributed by atoms with Crippen LogP contribution in [0.5, 0.6) is 5.75 Å². The van der Waals surface area contributed by atoms with Gasteiger partial charge in [0.05, 0.1) is 25.3 Å². The quantitative estimate of drug-likeness (QED) is 0.557. The Kier molecular flexibility index (Phi) is 6.32. The van der Waals surface area contributed by atoms with Crippen LogP contribution in [0.3, 0.4) is 0 Å². The van der Waals surface area contributed by atoms with Crippen LogP contribution in [-0.4, -0.2) is 25.0 Å². The highest BCUT2D eigenvalue weighted by atomic mass is 35.5. The van der Waals surface area contributed by atoms with E-state index in [1.54, 1.807) is 42.5 Å². The molecule has 0 bridgehead atoms. The van der Waals surface area contributed by atoms with E-state index in [9.17, 15) is 9.59 Å². The summed E-state index contributed by atoms with van der Waals surface area (Å²) in [5.41, 5.74) is 0.333. The largest absolute Gasteiger partial charge is 0.495 e. The smallest absolute Gasteiger partial charge is 0.295 e. The van der Waals surface area contributed by atoms with Crippen molar-refractivity contribution in [2.24, 2.45) is 0 Å². The number of rotatable bonds is 7. The third-order valence-electron chi connectivity index (χ3n) is 5.37. The Balaban J connectivity index is 1.83. The minimum Gasteiger partial charge on any atom is -0.495 e. The van der Waals surface area contributed by atoms with E-state index in [0.29, 0.717) is 22.2 Å². The Bertz CT molecular complexity index is 1030. The second kappa shape index (κ2) is 9.31. The average molecular weight is 443 g/mol. The van der Waals surface area contributed by atoms with Gasteiger partial charge in [0.2, 0.25) is 0 Å². The summed E-state index contributed by atoms with van der Waals surface area (Å²) in [5.74, 6) is -0.0865. The lowest BCUT2D eigenvalue weighted by Crippen LogP contribution is -2.46. The molecule has 2 heterocycles. The third kappa shape index (κ3) is 4.46. The maximum absolute atomic E-state index is 13.6. The van der Waals surface area contributed by atoms with Gasteiger partial charge in [-0.3, -0.25) is 14.5 Å². The van der Waals surface area contributed by atoms with Gasteiger partial charge in [-0.05, 0) is 55.3 Å². The number of hydrogen-bond donors (Lipinski definition) is 1. The molecule has 1 aliphatic carbocycles. The molecule has 2 amide bonds. The maximum atomic E-state index is 13.6. The normalized spacial score (nSPS) is 14.9. The summed E-state index contributed by atoms with van der Waals surface area (Å²) in [5, 5.41) is 3.46. The minimum atomic E-state index is -1.08. The number of furan rings is 2. The van der Waals surface area contributed by atoms with Crippen molar-refractivity contribution >= 4 is 29.1 Å². The molecule has 0 radical (unpaired) electrons. The fourth-order valence-corrected chi connectivity index (χ4v) is 4.07. The van der Waals surface area contributed by atoms with Crippen LogP contribution in [0, 0.1) is 0 Å². The van der Waals surface area contributed by atoms with Gasteiger partial charge in [0.1, 0.15) is 11.5 Å². The van der Waals surface area contributed by atoms with Gasteiger partial charge in [-0.1, -0.05) is 24.4 Å². The van der Waals surface area contributed by atoms with Crippen molar-refractivity contribution in [1.29, 1.82) is 0 Å². The molecule has 7 nitrogen and oxygen atoms in total. The van der Waals surface area contributed by atoms with Gasteiger partial charge in [0.25, 0.3) is 11.8 Å². The number of methoxy groups -OCH3 is 1. The average Bonchev–Trinajstić information content (AvgIpc) is 3.55. The van der Waals surface area contributed by atoms with Crippen molar-refractivity contribution in [1.82, 2.24) is 5.32 Å². The Hall–Kier alpha value is -3.19. The number of benzene rings is 1. The van der Waals surface area contributed by atoms with E-state index < -0.39 is 11.9 Å². The van der Waals surface area contributed by atoms with Crippen LogP contribution in [0.2, 0.25) is 5.02 Å². The molecule has 1 N–H and O–H groups in total. The molecule has 3 aromatic rings. The van der Waals surface area contributed by atoms with Gasteiger partial charge < -0.3 is 18.9 Å². The van der Waals surface area contributed by atoms with Crippen LogP contribution in [0.4, 0.5) is 5.69 Å². The van der Waals surface area contributed by atoms with Crippen molar-refractivity contribution in [3.8, 4) is 5.75 Å². The van der Waals surface area contributed by atoms with Gasteiger partial charge in [-0.15, -0.1) is 0 Å². The fourth-order valence-electron chi connectivity index (χ4n) is 3.91. The van der Waals surface area contributed by atoms with Crippen LogP contribution in [0.1, 0.15) is 48.0 Å². The van der Waals surface area contributed by atoms with Crippen LogP contribution >= 0.6 is 11.6 Å². The zero-order chi connectivity index (χ0) is 21.8. The van der Waals surface area contributed by atoms with Crippen LogP contribution in [-0.2, 0) is 4.79 Å². The zero-order valence-corrected chi connectivity index (χ0v) is 17.8. The highest BCUT2D eigenvalue weighted by molar-refractivity contribution is 6.31. The molecule has 1 fully saturated rings. The number of amides is 2. The lowest BCUT2D eigenvalue weighted by atomic mass is 10.1. The van der Waals surface area contributed by atoms with Crippen LogP contribution < -0.4 is 15.0 Å². The van der Waals surface area contributed by atoms with E-state index in [0.717, 1.165) is 25.7 Å². The summed E-state index contributed by atoms with van der Waals surface area (Å²) < 4.78 is 16.4. The van der Waals surface area contributed by atoms with Gasteiger partial charge in [-0.2, -0.15) is 0 Å². The molecule has 1 aromatic carbocycles. The van der Waals surface area contributed by atoms with Crippen LogP contribution in [0.25, 0.3) is 0 Å². The number of carbonyl (C=O) groups is 2.